The Morgan fingerprint density at radius 3 is 2.40 bits per heavy atom. The van der Waals surface area contributed by atoms with E-state index < -0.39 is 16.9 Å². The lowest BCUT2D eigenvalue weighted by atomic mass is 9.93. The number of nitrogens with zero attached hydrogens (tertiary/aromatic N) is 5. The maximum atomic E-state index is 14.2. The lowest BCUT2D eigenvalue weighted by Gasteiger charge is -2.26. The van der Waals surface area contributed by atoms with Crippen molar-refractivity contribution in [2.24, 2.45) is 4.99 Å². The molecule has 1 aliphatic rings. The monoisotopic (exact) mass is 695 g/mol. The Morgan fingerprint density at radius 2 is 1.75 bits per heavy atom. The Kier molecular flexibility index (Phi) is 9.71. The molecule has 3 heterocycles. The first-order valence-electron chi connectivity index (χ1n) is 14.9. The van der Waals surface area contributed by atoms with Gasteiger partial charge >= 0.3 is 5.97 Å². The summed E-state index contributed by atoms with van der Waals surface area (Å²) < 4.78 is 7.36. The minimum absolute atomic E-state index is 0.132. The van der Waals surface area contributed by atoms with Crippen LogP contribution in [0.25, 0.3) is 11.8 Å². The van der Waals surface area contributed by atoms with Gasteiger partial charge in [0, 0.05) is 27.9 Å². The van der Waals surface area contributed by atoms with E-state index in [2.05, 4.69) is 9.97 Å². The molecule has 0 spiro atoms. The van der Waals surface area contributed by atoms with Gasteiger partial charge in [0.25, 0.3) is 11.2 Å². The molecule has 0 amide bonds. The standard InChI is InChI=1S/C35H29N5O5S3/c1-5-45-33(42)29-30(23-9-7-6-8-10-23)38-35-39(31(29)24-12-14-25(46-4)15-13-24)32(41)28(48-35)19-22-11-16-27(26(18-22)40(43)44)47-34-36-20(2)17-21(3)37-34/h6-19,31H,5H2,1-4H3/b28-19+/t31-/m1/s1. The van der Waals surface area contributed by atoms with Gasteiger partial charge < -0.3 is 4.74 Å². The fraction of sp³-hybridized carbons (Fsp3) is 0.171. The molecule has 48 heavy (non-hydrogen) atoms. The molecule has 0 unspecified atom stereocenters. The van der Waals surface area contributed by atoms with Gasteiger partial charge in [0.1, 0.15) is 0 Å². The number of thiazole rings is 1. The van der Waals surface area contributed by atoms with E-state index in [1.165, 1.54) is 10.6 Å². The third kappa shape index (κ3) is 6.75. The summed E-state index contributed by atoms with van der Waals surface area (Å²) in [4.78, 5) is 55.1. The Hall–Kier alpha value is -4.85. The summed E-state index contributed by atoms with van der Waals surface area (Å²) in [6, 6.07) is 22.8. The van der Waals surface area contributed by atoms with Gasteiger partial charge in [-0.05, 0) is 80.3 Å². The molecular weight excluding hydrogens is 667 g/mol. The molecule has 0 bridgehead atoms. The fourth-order valence-electron chi connectivity index (χ4n) is 5.38. The molecule has 0 saturated carbocycles. The zero-order valence-electron chi connectivity index (χ0n) is 26.4. The zero-order chi connectivity index (χ0) is 33.9. The number of thioether (sulfide) groups is 1. The smallest absolute Gasteiger partial charge is 0.338 e. The van der Waals surface area contributed by atoms with Gasteiger partial charge in [-0.2, -0.15) is 0 Å². The van der Waals surface area contributed by atoms with Gasteiger partial charge in [-0.3, -0.25) is 19.5 Å². The van der Waals surface area contributed by atoms with Crippen LogP contribution in [0.4, 0.5) is 5.69 Å². The summed E-state index contributed by atoms with van der Waals surface area (Å²) in [6.07, 6.45) is 3.59. The first kappa shape index (κ1) is 33.1. The van der Waals surface area contributed by atoms with Crippen LogP contribution in [0.15, 0.2) is 109 Å². The number of carbonyl (C=O) groups excluding carboxylic acids is 1. The Morgan fingerprint density at radius 1 is 1.04 bits per heavy atom. The zero-order valence-corrected chi connectivity index (χ0v) is 28.8. The van der Waals surface area contributed by atoms with Gasteiger partial charge in [0.15, 0.2) is 9.96 Å². The number of esters is 1. The first-order chi connectivity index (χ1) is 23.2. The molecule has 0 N–H and O–H groups in total. The largest absolute Gasteiger partial charge is 0.463 e. The molecule has 0 fully saturated rings. The van der Waals surface area contributed by atoms with Crippen molar-refractivity contribution in [2.75, 3.05) is 12.9 Å². The highest BCUT2D eigenvalue weighted by Crippen LogP contribution is 2.36. The van der Waals surface area contributed by atoms with Crippen molar-refractivity contribution in [3.63, 3.8) is 0 Å². The minimum atomic E-state index is -0.820. The van der Waals surface area contributed by atoms with E-state index in [1.54, 1.807) is 36.9 Å². The Bertz CT molecular complexity index is 2240. The third-order valence-electron chi connectivity index (χ3n) is 7.45. The van der Waals surface area contributed by atoms with Crippen molar-refractivity contribution in [3.05, 3.63) is 142 Å². The normalized spacial score (nSPS) is 14.4. The van der Waals surface area contributed by atoms with Gasteiger partial charge in [-0.1, -0.05) is 59.9 Å². The number of aromatic nitrogens is 3. The maximum Gasteiger partial charge on any atom is 0.338 e. The highest BCUT2D eigenvalue weighted by molar-refractivity contribution is 7.99. The molecule has 1 atom stereocenters. The maximum absolute atomic E-state index is 14.2. The number of carbonyl (C=O) groups is 1. The van der Waals surface area contributed by atoms with Crippen LogP contribution < -0.4 is 14.9 Å². The Labute approximate surface area is 288 Å². The van der Waals surface area contributed by atoms with Crippen molar-refractivity contribution in [2.45, 2.75) is 41.8 Å². The minimum Gasteiger partial charge on any atom is -0.463 e. The van der Waals surface area contributed by atoms with Crippen LogP contribution in [0.5, 0.6) is 0 Å². The van der Waals surface area contributed by atoms with E-state index >= 15 is 0 Å². The van der Waals surface area contributed by atoms with Crippen molar-refractivity contribution in [1.82, 2.24) is 14.5 Å². The van der Waals surface area contributed by atoms with E-state index in [9.17, 15) is 19.7 Å². The summed E-state index contributed by atoms with van der Waals surface area (Å²) in [7, 11) is 0. The quantitative estimate of drug-likeness (QED) is 0.0589. The predicted octanol–water partition coefficient (Wildman–Crippen LogP) is 6.12. The molecule has 0 radical (unpaired) electrons. The lowest BCUT2D eigenvalue weighted by Crippen LogP contribution is -2.40. The topological polar surface area (TPSA) is 130 Å². The number of benzene rings is 3. The summed E-state index contributed by atoms with van der Waals surface area (Å²) in [5.74, 6) is -0.565. The molecule has 3 aromatic carbocycles. The second kappa shape index (κ2) is 14.1. The van der Waals surface area contributed by atoms with Crippen LogP contribution in [-0.4, -0.2) is 38.3 Å². The number of rotatable bonds is 9. The van der Waals surface area contributed by atoms with Gasteiger partial charge in [-0.15, -0.1) is 11.8 Å². The van der Waals surface area contributed by atoms with Crippen molar-refractivity contribution >= 4 is 58.3 Å². The summed E-state index contributed by atoms with van der Waals surface area (Å²) in [5, 5.41) is 12.6. The fourth-order valence-corrected chi connectivity index (χ4v) is 7.74. The summed E-state index contributed by atoms with van der Waals surface area (Å²) in [5.41, 5.74) is 3.59. The lowest BCUT2D eigenvalue weighted by molar-refractivity contribution is -0.387. The Balaban J connectivity index is 1.52. The van der Waals surface area contributed by atoms with Crippen LogP contribution in [-0.2, 0) is 9.53 Å². The number of nitro benzene ring substituents is 1. The highest BCUT2D eigenvalue weighted by Gasteiger charge is 2.35. The average Bonchev–Trinajstić information content (AvgIpc) is 3.38. The van der Waals surface area contributed by atoms with Gasteiger partial charge in [0.05, 0.1) is 38.3 Å². The van der Waals surface area contributed by atoms with Crippen molar-refractivity contribution < 1.29 is 14.5 Å². The van der Waals surface area contributed by atoms with Crippen LogP contribution in [0, 0.1) is 24.0 Å². The van der Waals surface area contributed by atoms with Crippen LogP contribution in [0.2, 0.25) is 0 Å². The van der Waals surface area contributed by atoms with Gasteiger partial charge in [-0.25, -0.2) is 19.8 Å². The highest BCUT2D eigenvalue weighted by atomic mass is 32.2. The van der Waals surface area contributed by atoms with E-state index in [4.69, 9.17) is 9.73 Å². The first-order valence-corrected chi connectivity index (χ1v) is 17.7. The van der Waals surface area contributed by atoms with Crippen LogP contribution in [0.3, 0.4) is 0 Å². The summed E-state index contributed by atoms with van der Waals surface area (Å²) in [6.45, 7) is 5.56. The molecule has 1 aliphatic heterocycles. The number of fused-ring (bicyclic) bond motifs is 1. The molecule has 242 valence electrons. The molecule has 10 nitrogen and oxygen atoms in total. The molecule has 5 aromatic rings. The molecule has 0 saturated heterocycles. The van der Waals surface area contributed by atoms with E-state index in [-0.39, 0.29) is 23.4 Å². The number of hydrogen-bond acceptors (Lipinski definition) is 11. The number of nitro groups is 1. The van der Waals surface area contributed by atoms with Gasteiger partial charge in [0.2, 0.25) is 0 Å². The van der Waals surface area contributed by atoms with E-state index in [0.717, 1.165) is 44.9 Å². The van der Waals surface area contributed by atoms with Crippen LogP contribution in [0.1, 0.15) is 41.0 Å². The summed E-state index contributed by atoms with van der Waals surface area (Å²) >= 11 is 3.85. The third-order valence-corrected chi connectivity index (χ3v) is 10.1. The number of aryl methyl sites for hydroxylation is 2. The average molecular weight is 696 g/mol. The molecule has 2 aromatic heterocycles. The van der Waals surface area contributed by atoms with E-state index in [0.29, 0.717) is 36.2 Å². The molecule has 0 aliphatic carbocycles. The number of ether oxygens (including phenoxy) is 1. The van der Waals surface area contributed by atoms with Crippen LogP contribution >= 0.6 is 34.9 Å². The second-order valence-electron chi connectivity index (χ2n) is 10.7. The molecule has 13 heteroatoms. The second-order valence-corrected chi connectivity index (χ2v) is 13.6. The SMILES string of the molecule is CCOC(=O)C1=C(c2ccccc2)N=c2s/c(=C/c3ccc(Sc4nc(C)cc(C)n4)c([N+](=O)[O-])c3)c(=O)n2[C@@H]1c1ccc(SC)cc1. The molecule has 6 rings (SSSR count). The number of hydrogen-bond donors (Lipinski definition) is 0. The predicted molar refractivity (Wildman–Crippen MR) is 188 cm³/mol. The van der Waals surface area contributed by atoms with Crippen molar-refractivity contribution in [1.29, 1.82) is 0 Å². The molecular formula is C35H29N5O5S3. The van der Waals surface area contributed by atoms with Crippen molar-refractivity contribution in [3.8, 4) is 0 Å². The van der Waals surface area contributed by atoms with E-state index in [1.807, 2.05) is 80.8 Å².